The highest BCUT2D eigenvalue weighted by molar-refractivity contribution is 7.78. The first-order chi connectivity index (χ1) is 10.8. The molecule has 22 heavy (non-hydrogen) atoms. The maximum absolute atomic E-state index is 13.8. The molecular weight excluding hydrogens is 287 g/mol. The van der Waals surface area contributed by atoms with Crippen molar-refractivity contribution >= 4 is 17.8 Å². The minimum atomic E-state index is -2.51. The highest BCUT2D eigenvalue weighted by atomic mass is 31.2. The van der Waals surface area contributed by atoms with Crippen LogP contribution in [-0.4, -0.2) is 6.16 Å². The largest absolute Gasteiger partial charge is 0.314 e. The van der Waals surface area contributed by atoms with E-state index in [1.54, 1.807) is 0 Å². The minimum absolute atomic E-state index is 0.686. The molecule has 0 fully saturated rings. The average molecular weight is 310 g/mol. The molecule has 3 rings (SSSR count). The van der Waals surface area contributed by atoms with Crippen LogP contribution in [0.2, 0.25) is 0 Å². The van der Waals surface area contributed by atoms with Crippen molar-refractivity contribution in [3.05, 3.63) is 72.8 Å². The fourth-order valence-corrected chi connectivity index (χ4v) is 6.08. The zero-order valence-electron chi connectivity index (χ0n) is 12.9. The average Bonchev–Trinajstić information content (AvgIpc) is 2.62. The highest BCUT2D eigenvalue weighted by Gasteiger charge is 2.27. The second-order valence-corrected chi connectivity index (χ2v) is 9.03. The Labute approximate surface area is 133 Å². The van der Waals surface area contributed by atoms with Crippen LogP contribution in [0.3, 0.4) is 0 Å². The molecule has 1 unspecified atom stereocenters. The van der Waals surface area contributed by atoms with Crippen molar-refractivity contribution in [1.29, 1.82) is 0 Å². The molecule has 1 aliphatic rings. The Morgan fingerprint density at radius 2 is 1.45 bits per heavy atom. The van der Waals surface area contributed by atoms with E-state index >= 15 is 0 Å². The molecule has 0 spiro atoms. The normalized spacial score (nSPS) is 18.3. The molecular formula is C20H23OP. The lowest BCUT2D eigenvalue weighted by atomic mass is 9.92. The molecule has 0 radical (unpaired) electrons. The molecule has 2 heteroatoms. The lowest BCUT2D eigenvalue weighted by molar-refractivity contribution is 0.464. The Balaban J connectivity index is 1.87. The quantitative estimate of drug-likeness (QED) is 0.575. The van der Waals surface area contributed by atoms with Crippen molar-refractivity contribution in [3.63, 3.8) is 0 Å². The Bertz CT molecular complexity index is 617. The third-order valence-electron chi connectivity index (χ3n) is 4.58. The summed E-state index contributed by atoms with van der Waals surface area (Å²) in [6.07, 6.45) is 9.93. The summed E-state index contributed by atoms with van der Waals surface area (Å²) in [6.45, 7) is 0. The van der Waals surface area contributed by atoms with Crippen molar-refractivity contribution in [2.24, 2.45) is 5.92 Å². The SMILES string of the molecule is O=P(CCC1CC=CCC1)(c1ccccc1)c1ccccc1. The third kappa shape index (κ3) is 3.42. The van der Waals surface area contributed by atoms with Crippen LogP contribution in [0.1, 0.15) is 25.7 Å². The monoisotopic (exact) mass is 310 g/mol. The van der Waals surface area contributed by atoms with Gasteiger partial charge in [-0.05, 0) is 31.6 Å². The third-order valence-corrected chi connectivity index (χ3v) is 7.73. The van der Waals surface area contributed by atoms with Gasteiger partial charge >= 0.3 is 0 Å². The molecule has 2 aromatic rings. The first-order valence-corrected chi connectivity index (χ1v) is 10.0. The molecule has 1 atom stereocenters. The van der Waals surface area contributed by atoms with Crippen LogP contribution in [0.15, 0.2) is 72.8 Å². The number of hydrogen-bond acceptors (Lipinski definition) is 1. The maximum atomic E-state index is 13.8. The van der Waals surface area contributed by atoms with Gasteiger partial charge in [0.2, 0.25) is 0 Å². The van der Waals surface area contributed by atoms with Gasteiger partial charge in [-0.3, -0.25) is 0 Å². The summed E-state index contributed by atoms with van der Waals surface area (Å²) >= 11 is 0. The predicted octanol–water partition coefficient (Wildman–Crippen LogP) is 4.75. The van der Waals surface area contributed by atoms with Crippen LogP contribution < -0.4 is 10.6 Å². The van der Waals surface area contributed by atoms with E-state index in [9.17, 15) is 4.57 Å². The number of allylic oxidation sites excluding steroid dienone is 2. The Kier molecular flexibility index (Phi) is 4.95. The first kappa shape index (κ1) is 15.3. The number of hydrogen-bond donors (Lipinski definition) is 0. The van der Waals surface area contributed by atoms with Gasteiger partial charge in [-0.25, -0.2) is 0 Å². The van der Waals surface area contributed by atoms with Crippen molar-refractivity contribution in [3.8, 4) is 0 Å². The first-order valence-electron chi connectivity index (χ1n) is 8.14. The molecule has 0 aromatic heterocycles. The number of benzene rings is 2. The van der Waals surface area contributed by atoms with Crippen molar-refractivity contribution in [1.82, 2.24) is 0 Å². The summed E-state index contributed by atoms with van der Waals surface area (Å²) in [5.74, 6) is 0.686. The van der Waals surface area contributed by atoms with Gasteiger partial charge < -0.3 is 4.57 Å². The summed E-state index contributed by atoms with van der Waals surface area (Å²) in [5.41, 5.74) is 0. The van der Waals surface area contributed by atoms with Gasteiger partial charge in [0.1, 0.15) is 7.14 Å². The summed E-state index contributed by atoms with van der Waals surface area (Å²) in [7, 11) is -2.51. The molecule has 1 aliphatic carbocycles. The molecule has 0 N–H and O–H groups in total. The standard InChI is InChI=1S/C20H23OP/c21-22(19-12-6-2-7-13-19,20-14-8-3-9-15-20)17-16-18-10-4-1-5-11-18/h1-4,6-9,12-15,18H,5,10-11,16-17H2. The zero-order valence-corrected chi connectivity index (χ0v) is 13.8. The summed E-state index contributed by atoms with van der Waals surface area (Å²) in [4.78, 5) is 0. The molecule has 0 aliphatic heterocycles. The van der Waals surface area contributed by atoms with Gasteiger partial charge in [-0.2, -0.15) is 0 Å². The van der Waals surface area contributed by atoms with Crippen LogP contribution in [-0.2, 0) is 4.57 Å². The molecule has 0 saturated heterocycles. The minimum Gasteiger partial charge on any atom is -0.314 e. The molecule has 1 nitrogen and oxygen atoms in total. The molecule has 0 heterocycles. The van der Waals surface area contributed by atoms with E-state index in [1.165, 1.54) is 12.8 Å². The van der Waals surface area contributed by atoms with Gasteiger partial charge in [-0.15, -0.1) is 0 Å². The van der Waals surface area contributed by atoms with E-state index in [1.807, 2.05) is 60.7 Å². The van der Waals surface area contributed by atoms with Crippen LogP contribution in [0, 0.1) is 5.92 Å². The van der Waals surface area contributed by atoms with E-state index in [0.29, 0.717) is 5.92 Å². The predicted molar refractivity (Wildman–Crippen MR) is 95.7 cm³/mol. The summed E-state index contributed by atoms with van der Waals surface area (Å²) in [5, 5.41) is 1.99. The Morgan fingerprint density at radius 3 is 1.95 bits per heavy atom. The van der Waals surface area contributed by atoms with Crippen molar-refractivity contribution in [2.75, 3.05) is 6.16 Å². The van der Waals surface area contributed by atoms with E-state index < -0.39 is 7.14 Å². The Morgan fingerprint density at radius 1 is 0.864 bits per heavy atom. The van der Waals surface area contributed by atoms with E-state index in [4.69, 9.17) is 0 Å². The fourth-order valence-electron chi connectivity index (χ4n) is 3.23. The molecule has 0 saturated carbocycles. The summed E-state index contributed by atoms with van der Waals surface area (Å²) in [6, 6.07) is 20.0. The highest BCUT2D eigenvalue weighted by Crippen LogP contribution is 2.45. The molecule has 2 aromatic carbocycles. The lowest BCUT2D eigenvalue weighted by Crippen LogP contribution is -2.20. The van der Waals surface area contributed by atoms with Gasteiger partial charge in [0, 0.05) is 16.8 Å². The van der Waals surface area contributed by atoms with E-state index in [0.717, 1.165) is 29.6 Å². The maximum Gasteiger partial charge on any atom is 0.143 e. The fraction of sp³-hybridized carbons (Fsp3) is 0.300. The van der Waals surface area contributed by atoms with E-state index in [2.05, 4.69) is 12.2 Å². The summed E-state index contributed by atoms with van der Waals surface area (Å²) < 4.78 is 13.8. The number of rotatable bonds is 5. The zero-order chi connectivity index (χ0) is 15.3. The molecule has 114 valence electrons. The molecule has 0 amide bonds. The van der Waals surface area contributed by atoms with Crippen LogP contribution in [0.4, 0.5) is 0 Å². The van der Waals surface area contributed by atoms with Crippen molar-refractivity contribution < 1.29 is 4.57 Å². The van der Waals surface area contributed by atoms with Gasteiger partial charge in [0.15, 0.2) is 0 Å². The molecule has 0 bridgehead atoms. The second-order valence-electron chi connectivity index (χ2n) is 6.07. The van der Waals surface area contributed by atoms with Gasteiger partial charge in [0.25, 0.3) is 0 Å². The smallest absolute Gasteiger partial charge is 0.143 e. The van der Waals surface area contributed by atoms with Crippen LogP contribution in [0.25, 0.3) is 0 Å². The van der Waals surface area contributed by atoms with Crippen molar-refractivity contribution in [2.45, 2.75) is 25.7 Å². The second kappa shape index (κ2) is 7.11. The Hall–Kier alpha value is -1.59. The van der Waals surface area contributed by atoms with E-state index in [-0.39, 0.29) is 0 Å². The van der Waals surface area contributed by atoms with Crippen LogP contribution in [0.5, 0.6) is 0 Å². The van der Waals surface area contributed by atoms with Crippen LogP contribution >= 0.6 is 7.14 Å². The topological polar surface area (TPSA) is 17.1 Å². The van der Waals surface area contributed by atoms with Gasteiger partial charge in [-0.1, -0.05) is 72.8 Å². The van der Waals surface area contributed by atoms with Gasteiger partial charge in [0.05, 0.1) is 0 Å². The lowest BCUT2D eigenvalue weighted by Gasteiger charge is -2.23.